The minimum Gasteiger partial charge on any atom is -0.457 e. The summed E-state index contributed by atoms with van der Waals surface area (Å²) in [7, 11) is 0. The molecule has 0 bridgehead atoms. The van der Waals surface area contributed by atoms with Gasteiger partial charge in [0, 0.05) is 31.0 Å². The van der Waals surface area contributed by atoms with Crippen LogP contribution in [0, 0.1) is 0 Å². The SMILES string of the molecule is O=C(OCc1ccc(C(=O)N2CCCC2)cc1)c1ccc(Cn2cccn2)cc1. The van der Waals surface area contributed by atoms with Crippen molar-refractivity contribution in [1.82, 2.24) is 14.7 Å². The monoisotopic (exact) mass is 389 g/mol. The molecule has 0 N–H and O–H groups in total. The lowest BCUT2D eigenvalue weighted by Gasteiger charge is -2.15. The minimum absolute atomic E-state index is 0.0706. The molecule has 0 unspecified atom stereocenters. The second-order valence-corrected chi connectivity index (χ2v) is 7.17. The summed E-state index contributed by atoms with van der Waals surface area (Å²) in [6, 6.07) is 16.5. The van der Waals surface area contributed by atoms with E-state index in [-0.39, 0.29) is 18.5 Å². The van der Waals surface area contributed by atoms with E-state index in [1.54, 1.807) is 30.5 Å². The number of nitrogens with zero attached hydrogens (tertiary/aromatic N) is 3. The predicted octanol–water partition coefficient (Wildman–Crippen LogP) is 3.52. The molecule has 1 aliphatic heterocycles. The van der Waals surface area contributed by atoms with E-state index < -0.39 is 0 Å². The fraction of sp³-hybridized carbons (Fsp3) is 0.261. The average molecular weight is 389 g/mol. The first-order valence-electron chi connectivity index (χ1n) is 9.81. The second kappa shape index (κ2) is 8.73. The van der Waals surface area contributed by atoms with E-state index >= 15 is 0 Å². The molecule has 6 nitrogen and oxygen atoms in total. The van der Waals surface area contributed by atoms with E-state index in [2.05, 4.69) is 5.10 Å². The van der Waals surface area contributed by atoms with Gasteiger partial charge in [-0.2, -0.15) is 5.10 Å². The molecule has 0 radical (unpaired) electrons. The highest BCUT2D eigenvalue weighted by Crippen LogP contribution is 2.15. The molecule has 0 atom stereocenters. The Morgan fingerprint density at radius 1 is 0.897 bits per heavy atom. The van der Waals surface area contributed by atoms with E-state index in [4.69, 9.17) is 4.74 Å². The van der Waals surface area contributed by atoms with Crippen LogP contribution in [0.5, 0.6) is 0 Å². The number of aromatic nitrogens is 2. The molecule has 1 aromatic heterocycles. The topological polar surface area (TPSA) is 64.4 Å². The Labute approximate surface area is 169 Å². The maximum atomic E-state index is 12.4. The van der Waals surface area contributed by atoms with E-state index in [9.17, 15) is 9.59 Å². The van der Waals surface area contributed by atoms with Crippen LogP contribution in [0.25, 0.3) is 0 Å². The summed E-state index contributed by atoms with van der Waals surface area (Å²) in [6.45, 7) is 2.49. The molecule has 4 rings (SSSR count). The summed E-state index contributed by atoms with van der Waals surface area (Å²) >= 11 is 0. The molecule has 0 spiro atoms. The van der Waals surface area contributed by atoms with Gasteiger partial charge in [0.25, 0.3) is 5.91 Å². The first-order chi connectivity index (χ1) is 14.2. The number of likely N-dealkylation sites (tertiary alicyclic amines) is 1. The summed E-state index contributed by atoms with van der Waals surface area (Å²) in [4.78, 5) is 26.5. The van der Waals surface area contributed by atoms with Crippen molar-refractivity contribution in [3.63, 3.8) is 0 Å². The van der Waals surface area contributed by atoms with Crippen LogP contribution in [0.1, 0.15) is 44.7 Å². The molecule has 6 heteroatoms. The van der Waals surface area contributed by atoms with E-state index in [1.165, 1.54) is 0 Å². The Morgan fingerprint density at radius 2 is 1.55 bits per heavy atom. The number of benzene rings is 2. The van der Waals surface area contributed by atoms with E-state index in [1.807, 2.05) is 46.1 Å². The largest absolute Gasteiger partial charge is 0.457 e. The van der Waals surface area contributed by atoms with Gasteiger partial charge in [0.15, 0.2) is 0 Å². The highest BCUT2D eigenvalue weighted by atomic mass is 16.5. The third-order valence-electron chi connectivity index (χ3n) is 5.06. The molecule has 0 aliphatic carbocycles. The van der Waals surface area contributed by atoms with Crippen molar-refractivity contribution in [2.24, 2.45) is 0 Å². The summed E-state index contributed by atoms with van der Waals surface area (Å²) in [5, 5.41) is 4.17. The molecule has 2 aromatic carbocycles. The Bertz CT molecular complexity index is 958. The quantitative estimate of drug-likeness (QED) is 0.605. The predicted molar refractivity (Wildman–Crippen MR) is 108 cm³/mol. The summed E-state index contributed by atoms with van der Waals surface area (Å²) in [5.41, 5.74) is 3.10. The standard InChI is InChI=1S/C23H23N3O3/c27-22(25-13-1-2-14-25)20-8-6-19(7-9-20)17-29-23(28)21-10-4-18(5-11-21)16-26-15-3-12-24-26/h3-12,15H,1-2,13-14,16-17H2. The van der Waals surface area contributed by atoms with Crippen molar-refractivity contribution in [1.29, 1.82) is 0 Å². The molecule has 0 saturated carbocycles. The van der Waals surface area contributed by atoms with Crippen LogP contribution in [0.3, 0.4) is 0 Å². The third kappa shape index (κ3) is 4.71. The zero-order valence-electron chi connectivity index (χ0n) is 16.2. The molecule has 1 amide bonds. The molecule has 1 saturated heterocycles. The average Bonchev–Trinajstić information content (AvgIpc) is 3.47. The number of carbonyl (C=O) groups excluding carboxylic acids is 2. The number of hydrogen-bond acceptors (Lipinski definition) is 4. The van der Waals surface area contributed by atoms with Gasteiger partial charge in [-0.15, -0.1) is 0 Å². The summed E-state index contributed by atoms with van der Waals surface area (Å²) in [5.74, 6) is -0.297. The number of hydrogen-bond donors (Lipinski definition) is 0. The van der Waals surface area contributed by atoms with Crippen molar-refractivity contribution >= 4 is 11.9 Å². The highest BCUT2D eigenvalue weighted by molar-refractivity contribution is 5.94. The smallest absolute Gasteiger partial charge is 0.338 e. The van der Waals surface area contributed by atoms with Gasteiger partial charge in [-0.25, -0.2) is 4.79 Å². The summed E-state index contributed by atoms with van der Waals surface area (Å²) < 4.78 is 7.23. The third-order valence-corrected chi connectivity index (χ3v) is 5.06. The van der Waals surface area contributed by atoms with Crippen LogP contribution in [0.4, 0.5) is 0 Å². The van der Waals surface area contributed by atoms with Gasteiger partial charge in [0.1, 0.15) is 6.61 Å². The van der Waals surface area contributed by atoms with Crippen LogP contribution in [0.15, 0.2) is 67.0 Å². The lowest BCUT2D eigenvalue weighted by atomic mass is 10.1. The van der Waals surface area contributed by atoms with Gasteiger partial charge in [0.05, 0.1) is 12.1 Å². The van der Waals surface area contributed by atoms with Crippen molar-refractivity contribution < 1.29 is 14.3 Å². The maximum Gasteiger partial charge on any atom is 0.338 e. The fourth-order valence-corrected chi connectivity index (χ4v) is 3.41. The van der Waals surface area contributed by atoms with Crippen LogP contribution in [-0.4, -0.2) is 39.6 Å². The van der Waals surface area contributed by atoms with Crippen LogP contribution in [-0.2, 0) is 17.9 Å². The highest BCUT2D eigenvalue weighted by Gasteiger charge is 2.19. The Kier molecular flexibility index (Phi) is 5.70. The number of carbonyl (C=O) groups is 2. The Morgan fingerprint density at radius 3 is 2.21 bits per heavy atom. The molecule has 1 fully saturated rings. The van der Waals surface area contributed by atoms with E-state index in [0.29, 0.717) is 17.7 Å². The van der Waals surface area contributed by atoms with Gasteiger partial charge >= 0.3 is 5.97 Å². The van der Waals surface area contributed by atoms with Gasteiger partial charge in [-0.3, -0.25) is 9.48 Å². The van der Waals surface area contributed by atoms with Crippen LogP contribution >= 0.6 is 0 Å². The molecular weight excluding hydrogens is 366 g/mol. The molecule has 148 valence electrons. The zero-order valence-corrected chi connectivity index (χ0v) is 16.2. The van der Waals surface area contributed by atoms with Crippen LogP contribution in [0.2, 0.25) is 0 Å². The normalized spacial score (nSPS) is 13.4. The number of esters is 1. The fourth-order valence-electron chi connectivity index (χ4n) is 3.41. The van der Waals surface area contributed by atoms with Crippen molar-refractivity contribution in [2.45, 2.75) is 26.0 Å². The molecule has 29 heavy (non-hydrogen) atoms. The van der Waals surface area contributed by atoms with Crippen molar-refractivity contribution in [3.05, 3.63) is 89.2 Å². The van der Waals surface area contributed by atoms with Gasteiger partial charge in [-0.05, 0) is 54.3 Å². The van der Waals surface area contributed by atoms with Crippen molar-refractivity contribution in [2.75, 3.05) is 13.1 Å². The lowest BCUT2D eigenvalue weighted by Crippen LogP contribution is -2.27. The number of amides is 1. The molecule has 2 heterocycles. The van der Waals surface area contributed by atoms with E-state index in [0.717, 1.165) is 37.1 Å². The number of rotatable bonds is 6. The van der Waals surface area contributed by atoms with Crippen molar-refractivity contribution in [3.8, 4) is 0 Å². The molecular formula is C23H23N3O3. The number of ether oxygens (including phenoxy) is 1. The first-order valence-corrected chi connectivity index (χ1v) is 9.81. The lowest BCUT2D eigenvalue weighted by molar-refractivity contribution is 0.0472. The second-order valence-electron chi connectivity index (χ2n) is 7.17. The van der Waals surface area contributed by atoms with Crippen LogP contribution < -0.4 is 0 Å². The molecule has 3 aromatic rings. The first kappa shape index (κ1) is 18.9. The van der Waals surface area contributed by atoms with Gasteiger partial charge in [0.2, 0.25) is 0 Å². The molecule has 1 aliphatic rings. The maximum absolute atomic E-state index is 12.4. The Balaban J connectivity index is 1.30. The minimum atomic E-state index is -0.368. The van der Waals surface area contributed by atoms with Gasteiger partial charge < -0.3 is 9.64 Å². The Hall–Kier alpha value is -3.41. The van der Waals surface area contributed by atoms with Gasteiger partial charge in [-0.1, -0.05) is 24.3 Å². The zero-order chi connectivity index (χ0) is 20.1. The summed E-state index contributed by atoms with van der Waals surface area (Å²) in [6.07, 6.45) is 5.78.